The minimum Gasteiger partial charge on any atom is -0.437 e. The van der Waals surface area contributed by atoms with Crippen molar-refractivity contribution < 1.29 is 13.9 Å². The molecule has 4 heteroatoms. The van der Waals surface area contributed by atoms with E-state index in [1.54, 1.807) is 13.2 Å². The lowest BCUT2D eigenvalue weighted by molar-refractivity contribution is 0.0879. The zero-order valence-corrected chi connectivity index (χ0v) is 9.73. The number of furan rings is 1. The van der Waals surface area contributed by atoms with E-state index in [-0.39, 0.29) is 11.9 Å². The summed E-state index contributed by atoms with van der Waals surface area (Å²) in [6.45, 7) is 3.31. The maximum absolute atomic E-state index is 11.1. The summed E-state index contributed by atoms with van der Waals surface area (Å²) in [5, 5.41) is 0. The van der Waals surface area contributed by atoms with Gasteiger partial charge < -0.3 is 14.1 Å². The second-order valence-corrected chi connectivity index (χ2v) is 4.14. The number of Topliss-reactive ketones (excluding diaryl/α,β-unsaturated/α-hetero) is 1. The number of anilines is 1. The summed E-state index contributed by atoms with van der Waals surface area (Å²) in [5.74, 6) is 1.16. The molecule has 0 aromatic carbocycles. The topological polar surface area (TPSA) is 42.7 Å². The van der Waals surface area contributed by atoms with Gasteiger partial charge in [-0.1, -0.05) is 0 Å². The van der Waals surface area contributed by atoms with Gasteiger partial charge in [0.2, 0.25) is 0 Å². The van der Waals surface area contributed by atoms with Gasteiger partial charge in [-0.2, -0.15) is 0 Å². The highest BCUT2D eigenvalue weighted by Gasteiger charge is 2.22. The van der Waals surface area contributed by atoms with E-state index in [0.29, 0.717) is 5.76 Å². The number of carbonyl (C=O) groups excluding carboxylic acids is 1. The van der Waals surface area contributed by atoms with Crippen LogP contribution in [-0.4, -0.2) is 32.1 Å². The van der Waals surface area contributed by atoms with Crippen LogP contribution in [0, 0.1) is 0 Å². The molecule has 0 radical (unpaired) electrons. The molecule has 0 aliphatic carbocycles. The summed E-state index contributed by atoms with van der Waals surface area (Å²) in [5.41, 5.74) is 0. The number of methoxy groups -OCH3 is 1. The third kappa shape index (κ3) is 2.27. The van der Waals surface area contributed by atoms with Gasteiger partial charge in [-0.25, -0.2) is 0 Å². The van der Waals surface area contributed by atoms with Crippen molar-refractivity contribution in [1.29, 1.82) is 0 Å². The molecule has 0 amide bonds. The number of ether oxygens (including phenoxy) is 1. The number of nitrogens with zero attached hydrogens (tertiary/aromatic N) is 1. The van der Waals surface area contributed by atoms with Crippen molar-refractivity contribution in [3.05, 3.63) is 17.9 Å². The zero-order valence-electron chi connectivity index (χ0n) is 9.73. The highest BCUT2D eigenvalue weighted by atomic mass is 16.5. The van der Waals surface area contributed by atoms with Crippen LogP contribution in [0.25, 0.3) is 0 Å². The first-order valence-corrected chi connectivity index (χ1v) is 5.59. The molecule has 1 aromatic heterocycles. The summed E-state index contributed by atoms with van der Waals surface area (Å²) in [6, 6.07) is 3.59. The van der Waals surface area contributed by atoms with Gasteiger partial charge >= 0.3 is 0 Å². The first-order chi connectivity index (χ1) is 7.70. The maximum atomic E-state index is 11.1. The van der Waals surface area contributed by atoms with Crippen molar-refractivity contribution in [2.75, 3.05) is 25.1 Å². The fourth-order valence-corrected chi connectivity index (χ4v) is 2.02. The number of carbonyl (C=O) groups is 1. The zero-order chi connectivity index (χ0) is 11.5. The molecule has 0 N–H and O–H groups in total. The average molecular weight is 223 g/mol. The molecule has 1 aliphatic rings. The second-order valence-electron chi connectivity index (χ2n) is 4.14. The first-order valence-electron chi connectivity index (χ1n) is 5.59. The van der Waals surface area contributed by atoms with E-state index in [2.05, 4.69) is 4.90 Å². The minimum atomic E-state index is -0.0356. The highest BCUT2D eigenvalue weighted by molar-refractivity contribution is 5.91. The molecular formula is C12H17NO3. The molecule has 1 unspecified atom stereocenters. The molecule has 2 heterocycles. The first kappa shape index (κ1) is 11.2. The van der Waals surface area contributed by atoms with Gasteiger partial charge in [0, 0.05) is 33.2 Å². The smallest absolute Gasteiger partial charge is 0.196 e. The Morgan fingerprint density at radius 2 is 2.38 bits per heavy atom. The lowest BCUT2D eigenvalue weighted by Gasteiger charge is -2.31. The van der Waals surface area contributed by atoms with E-state index in [1.165, 1.54) is 6.92 Å². The average Bonchev–Trinajstić information content (AvgIpc) is 2.78. The Morgan fingerprint density at radius 3 is 3.00 bits per heavy atom. The molecule has 2 rings (SSSR count). The maximum Gasteiger partial charge on any atom is 0.196 e. The Balaban J connectivity index is 2.08. The lowest BCUT2D eigenvalue weighted by atomic mass is 10.1. The van der Waals surface area contributed by atoms with E-state index in [9.17, 15) is 4.79 Å². The van der Waals surface area contributed by atoms with Crippen LogP contribution >= 0.6 is 0 Å². The number of hydrogen-bond acceptors (Lipinski definition) is 4. The van der Waals surface area contributed by atoms with Crippen molar-refractivity contribution in [3.63, 3.8) is 0 Å². The van der Waals surface area contributed by atoms with Gasteiger partial charge in [-0.15, -0.1) is 0 Å². The fourth-order valence-electron chi connectivity index (χ4n) is 2.02. The van der Waals surface area contributed by atoms with Crippen LogP contribution < -0.4 is 4.90 Å². The molecule has 1 aromatic rings. The fraction of sp³-hybridized carbons (Fsp3) is 0.583. The highest BCUT2D eigenvalue weighted by Crippen LogP contribution is 2.23. The van der Waals surface area contributed by atoms with Crippen LogP contribution in [0.1, 0.15) is 30.3 Å². The van der Waals surface area contributed by atoms with Crippen molar-refractivity contribution in [1.82, 2.24) is 0 Å². The molecular weight excluding hydrogens is 206 g/mol. The Kier molecular flexibility index (Phi) is 3.29. The monoisotopic (exact) mass is 223 g/mol. The van der Waals surface area contributed by atoms with Gasteiger partial charge in [-0.05, 0) is 18.9 Å². The van der Waals surface area contributed by atoms with Crippen LogP contribution in [0.2, 0.25) is 0 Å². The quantitative estimate of drug-likeness (QED) is 0.736. The van der Waals surface area contributed by atoms with Gasteiger partial charge in [0.25, 0.3) is 0 Å². The molecule has 16 heavy (non-hydrogen) atoms. The summed E-state index contributed by atoms with van der Waals surface area (Å²) in [7, 11) is 1.73. The van der Waals surface area contributed by atoms with Gasteiger partial charge in [0.1, 0.15) is 0 Å². The SMILES string of the molecule is COC1CCCN(c2ccc(C(C)=O)o2)C1. The Hall–Kier alpha value is -1.29. The van der Waals surface area contributed by atoms with E-state index >= 15 is 0 Å². The Labute approximate surface area is 95.2 Å². The van der Waals surface area contributed by atoms with Crippen LogP contribution in [0.5, 0.6) is 0 Å². The summed E-state index contributed by atoms with van der Waals surface area (Å²) >= 11 is 0. The third-order valence-corrected chi connectivity index (χ3v) is 2.96. The van der Waals surface area contributed by atoms with Crippen molar-refractivity contribution in [2.45, 2.75) is 25.9 Å². The molecule has 0 spiro atoms. The number of rotatable bonds is 3. The predicted octanol–water partition coefficient (Wildman–Crippen LogP) is 2.10. The normalized spacial score (nSPS) is 21.1. The number of hydrogen-bond donors (Lipinski definition) is 0. The van der Waals surface area contributed by atoms with Crippen molar-refractivity contribution in [2.24, 2.45) is 0 Å². The standard InChI is InChI=1S/C12H17NO3/c1-9(14)11-5-6-12(16-11)13-7-3-4-10(8-13)15-2/h5-6,10H,3-4,7-8H2,1-2H3. The number of piperidine rings is 1. The molecule has 1 saturated heterocycles. The van der Waals surface area contributed by atoms with Crippen molar-refractivity contribution >= 4 is 11.7 Å². The summed E-state index contributed by atoms with van der Waals surface area (Å²) in [6.07, 6.45) is 2.45. The van der Waals surface area contributed by atoms with Crippen LogP contribution in [0.15, 0.2) is 16.5 Å². The van der Waals surface area contributed by atoms with Crippen molar-refractivity contribution in [3.8, 4) is 0 Å². The van der Waals surface area contributed by atoms with Crippen LogP contribution in [0.3, 0.4) is 0 Å². The number of ketones is 1. The second kappa shape index (κ2) is 4.70. The molecule has 4 nitrogen and oxygen atoms in total. The summed E-state index contributed by atoms with van der Waals surface area (Å²) < 4.78 is 10.8. The van der Waals surface area contributed by atoms with Crippen LogP contribution in [-0.2, 0) is 4.74 Å². The Bertz CT molecular complexity index is 372. The lowest BCUT2D eigenvalue weighted by Crippen LogP contribution is -2.39. The molecule has 0 saturated carbocycles. The largest absolute Gasteiger partial charge is 0.437 e. The van der Waals surface area contributed by atoms with Crippen LogP contribution in [0.4, 0.5) is 5.88 Å². The molecule has 88 valence electrons. The van der Waals surface area contributed by atoms with E-state index in [4.69, 9.17) is 9.15 Å². The van der Waals surface area contributed by atoms with Gasteiger partial charge in [0.15, 0.2) is 17.4 Å². The summed E-state index contributed by atoms with van der Waals surface area (Å²) in [4.78, 5) is 13.3. The van der Waals surface area contributed by atoms with E-state index in [0.717, 1.165) is 31.8 Å². The Morgan fingerprint density at radius 1 is 1.56 bits per heavy atom. The molecule has 1 aliphatic heterocycles. The molecule has 0 bridgehead atoms. The van der Waals surface area contributed by atoms with E-state index < -0.39 is 0 Å². The molecule has 1 fully saturated rings. The van der Waals surface area contributed by atoms with Gasteiger partial charge in [-0.3, -0.25) is 4.79 Å². The minimum absolute atomic E-state index is 0.0356. The third-order valence-electron chi connectivity index (χ3n) is 2.96. The molecule has 1 atom stereocenters. The predicted molar refractivity (Wildman–Crippen MR) is 61.0 cm³/mol. The van der Waals surface area contributed by atoms with E-state index in [1.807, 2.05) is 6.07 Å². The van der Waals surface area contributed by atoms with Gasteiger partial charge in [0.05, 0.1) is 6.10 Å².